The van der Waals surface area contributed by atoms with E-state index in [1.165, 1.54) is 6.08 Å². The van der Waals surface area contributed by atoms with Crippen LogP contribution < -0.4 is 16.0 Å². The number of nitrogens with zero attached hydrogens (tertiary/aromatic N) is 1. The van der Waals surface area contributed by atoms with Gasteiger partial charge in [0.15, 0.2) is 11.5 Å². The van der Waals surface area contributed by atoms with Crippen molar-refractivity contribution in [3.05, 3.63) is 11.8 Å². The number of hydrogen-bond donors (Lipinski definition) is 3. The summed E-state index contributed by atoms with van der Waals surface area (Å²) in [6.07, 6.45) is 3.15. The molecule has 0 aromatic heterocycles. The summed E-state index contributed by atoms with van der Waals surface area (Å²) in [6, 6.07) is -0.0949. The third-order valence-corrected chi connectivity index (χ3v) is 6.10. The van der Waals surface area contributed by atoms with Crippen LogP contribution in [0.15, 0.2) is 11.8 Å². The summed E-state index contributed by atoms with van der Waals surface area (Å²) in [5, 5.41) is 9.15. The zero-order valence-electron chi connectivity index (χ0n) is 19.1. The van der Waals surface area contributed by atoms with Crippen LogP contribution in [0.5, 0.6) is 0 Å². The van der Waals surface area contributed by atoms with Gasteiger partial charge in [0, 0.05) is 31.6 Å². The number of likely N-dealkylation sites (tertiary alicyclic amines) is 1. The minimum atomic E-state index is -1.09. The smallest absolute Gasteiger partial charge is 0.409 e. The topological polar surface area (TPSA) is 126 Å². The van der Waals surface area contributed by atoms with Gasteiger partial charge >= 0.3 is 6.09 Å². The number of nitrogens with one attached hydrogen (secondary N) is 3. The second-order valence-electron chi connectivity index (χ2n) is 9.23. The van der Waals surface area contributed by atoms with Gasteiger partial charge in [-0.1, -0.05) is 0 Å². The van der Waals surface area contributed by atoms with Crippen molar-refractivity contribution in [2.24, 2.45) is 0 Å². The first kappa shape index (κ1) is 24.0. The molecule has 3 N–H and O–H groups in total. The quantitative estimate of drug-likeness (QED) is 0.560. The molecule has 2 saturated heterocycles. The van der Waals surface area contributed by atoms with Gasteiger partial charge in [-0.2, -0.15) is 0 Å². The Kier molecular flexibility index (Phi) is 7.43. The molecule has 0 spiro atoms. The normalized spacial score (nSPS) is 22.9. The molecule has 3 heterocycles. The van der Waals surface area contributed by atoms with Gasteiger partial charge < -0.3 is 30.3 Å². The van der Waals surface area contributed by atoms with Crippen LogP contribution in [0, 0.1) is 0 Å². The van der Waals surface area contributed by atoms with Gasteiger partial charge in [0.2, 0.25) is 5.91 Å². The zero-order valence-corrected chi connectivity index (χ0v) is 19.1. The Labute approximate surface area is 188 Å². The molecule has 0 radical (unpaired) electrons. The zero-order chi connectivity index (χ0) is 23.4. The first-order chi connectivity index (χ1) is 15.1. The summed E-state index contributed by atoms with van der Waals surface area (Å²) >= 11 is 0. The van der Waals surface area contributed by atoms with E-state index in [0.717, 1.165) is 0 Å². The van der Waals surface area contributed by atoms with E-state index in [-0.39, 0.29) is 36.0 Å². The summed E-state index contributed by atoms with van der Waals surface area (Å²) < 4.78 is 10.7. The average molecular weight is 451 g/mol. The van der Waals surface area contributed by atoms with E-state index in [1.807, 2.05) is 0 Å². The van der Waals surface area contributed by atoms with Crippen molar-refractivity contribution in [1.29, 1.82) is 0 Å². The van der Waals surface area contributed by atoms with Gasteiger partial charge in [0.25, 0.3) is 5.91 Å². The monoisotopic (exact) mass is 450 g/mol. The highest BCUT2D eigenvalue weighted by atomic mass is 16.6. The number of piperidine rings is 2. The van der Waals surface area contributed by atoms with Crippen LogP contribution in [0.4, 0.5) is 4.79 Å². The summed E-state index contributed by atoms with van der Waals surface area (Å²) in [5.74, 6) is -1.03. The number of ketones is 1. The van der Waals surface area contributed by atoms with E-state index in [9.17, 15) is 19.2 Å². The van der Waals surface area contributed by atoms with Gasteiger partial charge in [-0.3, -0.25) is 14.4 Å². The third-order valence-electron chi connectivity index (χ3n) is 6.10. The fraction of sp³-hybridized carbons (Fsp3) is 0.727. The minimum Gasteiger partial charge on any atom is -0.482 e. The van der Waals surface area contributed by atoms with E-state index < -0.39 is 17.0 Å². The first-order valence-corrected chi connectivity index (χ1v) is 11.3. The molecule has 178 valence electrons. The number of carbonyl (C=O) groups excluding carboxylic acids is 4. The Bertz CT molecular complexity index is 779. The second-order valence-corrected chi connectivity index (χ2v) is 9.23. The molecule has 10 heteroatoms. The predicted molar refractivity (Wildman–Crippen MR) is 116 cm³/mol. The standard InChI is InChI=1S/C22H34N4O6/c1-4-31-20(30)26-11-5-15(6-12-26)24-19(29)22(7-9-23-10-8-22)25-18(28)17-13-16(27)14-21(2,3)32-17/h13,15,23H,4-12,14H2,1-3H3,(H,24,29)(H,25,28). The van der Waals surface area contributed by atoms with E-state index >= 15 is 0 Å². The maximum absolute atomic E-state index is 13.3. The molecule has 0 aromatic carbocycles. The SMILES string of the molecule is CCOC(=O)N1CCC(NC(=O)C2(NC(=O)C3=CC(=O)CC(C)(C)O3)CCNCC2)CC1. The first-order valence-electron chi connectivity index (χ1n) is 11.3. The molecule has 0 atom stereocenters. The number of amides is 3. The van der Waals surface area contributed by atoms with E-state index in [0.29, 0.717) is 58.5 Å². The molecule has 3 aliphatic rings. The third kappa shape index (κ3) is 5.79. The lowest BCUT2D eigenvalue weighted by Crippen LogP contribution is -2.65. The van der Waals surface area contributed by atoms with Gasteiger partial charge in [0.1, 0.15) is 11.1 Å². The Hall–Kier alpha value is -2.62. The van der Waals surface area contributed by atoms with E-state index in [4.69, 9.17) is 9.47 Å². The lowest BCUT2D eigenvalue weighted by Gasteiger charge is -2.40. The Morgan fingerprint density at radius 2 is 1.88 bits per heavy atom. The van der Waals surface area contributed by atoms with Gasteiger partial charge in [-0.15, -0.1) is 0 Å². The molecule has 0 unspecified atom stereocenters. The summed E-state index contributed by atoms with van der Waals surface area (Å²) in [4.78, 5) is 51.8. The summed E-state index contributed by atoms with van der Waals surface area (Å²) in [5.41, 5.74) is -1.86. The van der Waals surface area contributed by atoms with Crippen molar-refractivity contribution in [3.63, 3.8) is 0 Å². The van der Waals surface area contributed by atoms with Crippen molar-refractivity contribution in [2.45, 2.75) is 70.1 Å². The van der Waals surface area contributed by atoms with Crippen molar-refractivity contribution >= 4 is 23.7 Å². The van der Waals surface area contributed by atoms with Crippen LogP contribution in [0.25, 0.3) is 0 Å². The molecule has 0 aliphatic carbocycles. The lowest BCUT2D eigenvalue weighted by atomic mass is 9.86. The Morgan fingerprint density at radius 3 is 2.47 bits per heavy atom. The van der Waals surface area contributed by atoms with Crippen LogP contribution in [0.1, 0.15) is 52.9 Å². The van der Waals surface area contributed by atoms with Crippen LogP contribution >= 0.6 is 0 Å². The highest BCUT2D eigenvalue weighted by molar-refractivity contribution is 6.04. The van der Waals surface area contributed by atoms with Crippen LogP contribution in [0.3, 0.4) is 0 Å². The van der Waals surface area contributed by atoms with E-state index in [2.05, 4.69) is 16.0 Å². The summed E-state index contributed by atoms with van der Waals surface area (Å²) in [6.45, 7) is 7.77. The molecule has 3 amide bonds. The van der Waals surface area contributed by atoms with Gasteiger partial charge in [-0.05, 0) is 59.5 Å². The fourth-order valence-electron chi connectivity index (χ4n) is 4.38. The maximum Gasteiger partial charge on any atom is 0.409 e. The molecule has 10 nitrogen and oxygen atoms in total. The predicted octanol–water partition coefficient (Wildman–Crippen LogP) is 0.614. The molecule has 3 aliphatic heterocycles. The van der Waals surface area contributed by atoms with Gasteiger partial charge in [-0.25, -0.2) is 4.79 Å². The molecule has 32 heavy (non-hydrogen) atoms. The second kappa shape index (κ2) is 9.89. The highest BCUT2D eigenvalue weighted by Crippen LogP contribution is 2.27. The average Bonchev–Trinajstić information content (AvgIpc) is 2.73. The number of allylic oxidation sites excluding steroid dienone is 1. The number of rotatable bonds is 5. The molecule has 0 aromatic rings. The van der Waals surface area contributed by atoms with Crippen molar-refractivity contribution in [1.82, 2.24) is 20.9 Å². The molecular weight excluding hydrogens is 416 g/mol. The molecule has 2 fully saturated rings. The summed E-state index contributed by atoms with van der Waals surface area (Å²) in [7, 11) is 0. The maximum atomic E-state index is 13.3. The van der Waals surface area contributed by atoms with Gasteiger partial charge in [0.05, 0.1) is 6.61 Å². The molecule has 0 bridgehead atoms. The van der Waals surface area contributed by atoms with Crippen LogP contribution in [-0.2, 0) is 23.9 Å². The Morgan fingerprint density at radius 1 is 1.22 bits per heavy atom. The fourth-order valence-corrected chi connectivity index (χ4v) is 4.38. The molecular formula is C22H34N4O6. The number of ether oxygens (including phenoxy) is 2. The van der Waals surface area contributed by atoms with Crippen LogP contribution in [0.2, 0.25) is 0 Å². The van der Waals surface area contributed by atoms with Crippen molar-refractivity contribution in [2.75, 3.05) is 32.8 Å². The van der Waals surface area contributed by atoms with E-state index in [1.54, 1.807) is 25.7 Å². The molecule has 3 rings (SSSR count). The number of hydrogen-bond acceptors (Lipinski definition) is 7. The van der Waals surface area contributed by atoms with Crippen molar-refractivity contribution in [3.8, 4) is 0 Å². The molecule has 0 saturated carbocycles. The highest BCUT2D eigenvalue weighted by Gasteiger charge is 2.43. The van der Waals surface area contributed by atoms with Crippen LogP contribution in [-0.4, -0.2) is 78.6 Å². The Balaban J connectivity index is 1.64. The van der Waals surface area contributed by atoms with Crippen molar-refractivity contribution < 1.29 is 28.7 Å². The minimum absolute atomic E-state index is 0.0558. The lowest BCUT2D eigenvalue weighted by molar-refractivity contribution is -0.138. The number of carbonyl (C=O) groups is 4. The largest absolute Gasteiger partial charge is 0.482 e.